The third-order valence-electron chi connectivity index (χ3n) is 3.34. The average Bonchev–Trinajstić information content (AvgIpc) is 2.90. The van der Waals surface area contributed by atoms with E-state index in [1.807, 2.05) is 0 Å². The van der Waals surface area contributed by atoms with Crippen LogP contribution in [0, 0.1) is 5.82 Å². The summed E-state index contributed by atoms with van der Waals surface area (Å²) in [5.41, 5.74) is 0. The third kappa shape index (κ3) is 2.80. The van der Waals surface area contributed by atoms with E-state index >= 15 is 0 Å². The Kier molecular flexibility index (Phi) is 4.92. The van der Waals surface area contributed by atoms with Gasteiger partial charge in [-0.15, -0.1) is 0 Å². The van der Waals surface area contributed by atoms with E-state index in [0.29, 0.717) is 13.1 Å². The van der Waals surface area contributed by atoms with Crippen molar-refractivity contribution in [3.05, 3.63) is 28.0 Å². The minimum Gasteiger partial charge on any atom is -0.315 e. The number of hydrogen-bond donors (Lipinski definition) is 1. The highest BCUT2D eigenvalue weighted by Crippen LogP contribution is 2.32. The van der Waals surface area contributed by atoms with Gasteiger partial charge in [0.05, 0.1) is 10.0 Å². The predicted octanol–water partition coefficient (Wildman–Crippen LogP) is 2.51. The normalized spacial score (nSPS) is 19.8. The molecule has 0 saturated carbocycles. The molecule has 1 saturated heterocycles. The highest BCUT2D eigenvalue weighted by molar-refractivity contribution is 7.89. The van der Waals surface area contributed by atoms with Gasteiger partial charge in [-0.2, -0.15) is 4.31 Å². The van der Waals surface area contributed by atoms with Crippen molar-refractivity contribution in [1.29, 1.82) is 0 Å². The van der Waals surface area contributed by atoms with Crippen LogP contribution in [0.5, 0.6) is 0 Å². The average molecular weight is 341 g/mol. The van der Waals surface area contributed by atoms with E-state index in [4.69, 9.17) is 23.2 Å². The molecule has 2 rings (SSSR count). The molecule has 0 aromatic heterocycles. The lowest BCUT2D eigenvalue weighted by molar-refractivity contribution is 0.348. The number of hydrogen-bond acceptors (Lipinski definition) is 3. The highest BCUT2D eigenvalue weighted by Gasteiger charge is 2.34. The first-order valence-corrected chi connectivity index (χ1v) is 8.45. The van der Waals surface area contributed by atoms with E-state index in [0.717, 1.165) is 13.0 Å². The fourth-order valence-corrected chi connectivity index (χ4v) is 4.73. The lowest BCUT2D eigenvalue weighted by Gasteiger charge is -2.26. The Morgan fingerprint density at radius 1 is 1.45 bits per heavy atom. The van der Waals surface area contributed by atoms with Crippen LogP contribution in [0.15, 0.2) is 17.0 Å². The Labute approximate surface area is 127 Å². The molecule has 1 aromatic rings. The maximum absolute atomic E-state index is 13.7. The second kappa shape index (κ2) is 6.15. The van der Waals surface area contributed by atoms with Crippen molar-refractivity contribution in [1.82, 2.24) is 9.62 Å². The molecule has 1 heterocycles. The Balaban J connectivity index is 2.46. The molecule has 1 atom stereocenters. The van der Waals surface area contributed by atoms with Crippen LogP contribution >= 0.6 is 23.2 Å². The number of nitrogens with one attached hydrogen (secondary N) is 1. The second-order valence-corrected chi connectivity index (χ2v) is 7.17. The number of benzene rings is 1. The predicted molar refractivity (Wildman–Crippen MR) is 77.3 cm³/mol. The topological polar surface area (TPSA) is 49.4 Å². The van der Waals surface area contributed by atoms with Crippen LogP contribution in [0.2, 0.25) is 10.0 Å². The molecule has 0 spiro atoms. The van der Waals surface area contributed by atoms with Crippen molar-refractivity contribution in [2.45, 2.75) is 24.3 Å². The molecule has 8 heteroatoms. The van der Waals surface area contributed by atoms with Gasteiger partial charge in [-0.3, -0.25) is 0 Å². The summed E-state index contributed by atoms with van der Waals surface area (Å²) in [6.45, 7) is 3.39. The number of nitrogens with zero attached hydrogens (tertiary/aromatic N) is 1. The minimum absolute atomic E-state index is 0.139. The molecule has 1 N–H and O–H groups in total. The summed E-state index contributed by atoms with van der Waals surface area (Å²) >= 11 is 11.4. The smallest absolute Gasteiger partial charge is 0.244 e. The first-order valence-electron chi connectivity index (χ1n) is 6.25. The lowest BCUT2D eigenvalue weighted by atomic mass is 10.3. The number of likely N-dealkylation sites (N-methyl/N-ethyl adjacent to an activating group) is 1. The van der Waals surface area contributed by atoms with Crippen LogP contribution in [0.4, 0.5) is 4.39 Å². The van der Waals surface area contributed by atoms with Gasteiger partial charge in [0, 0.05) is 19.1 Å². The van der Waals surface area contributed by atoms with Crippen molar-refractivity contribution in [3.8, 4) is 0 Å². The first kappa shape index (κ1) is 16.0. The summed E-state index contributed by atoms with van der Waals surface area (Å²) < 4.78 is 40.3. The van der Waals surface area contributed by atoms with Gasteiger partial charge >= 0.3 is 0 Å². The van der Waals surface area contributed by atoms with Gasteiger partial charge in [-0.25, -0.2) is 12.8 Å². The van der Waals surface area contributed by atoms with Crippen LogP contribution in [0.25, 0.3) is 0 Å². The third-order valence-corrected chi connectivity index (χ3v) is 6.18. The summed E-state index contributed by atoms with van der Waals surface area (Å²) in [6.07, 6.45) is 0.723. The van der Waals surface area contributed by atoms with Gasteiger partial charge in [0.15, 0.2) is 5.82 Å². The number of rotatable bonds is 4. The zero-order chi connectivity index (χ0) is 14.9. The molecule has 1 fully saturated rings. The summed E-state index contributed by atoms with van der Waals surface area (Å²) in [4.78, 5) is -0.241. The molecule has 1 aliphatic rings. The van der Waals surface area contributed by atoms with Crippen molar-refractivity contribution in [3.63, 3.8) is 0 Å². The molecule has 0 radical (unpaired) electrons. The van der Waals surface area contributed by atoms with Gasteiger partial charge in [0.1, 0.15) is 4.90 Å². The van der Waals surface area contributed by atoms with E-state index in [9.17, 15) is 12.8 Å². The first-order chi connectivity index (χ1) is 9.39. The van der Waals surface area contributed by atoms with E-state index in [2.05, 4.69) is 5.32 Å². The zero-order valence-corrected chi connectivity index (χ0v) is 13.2. The van der Waals surface area contributed by atoms with Crippen molar-refractivity contribution in [2.24, 2.45) is 0 Å². The monoisotopic (exact) mass is 340 g/mol. The Hall–Kier alpha value is -0.400. The molecule has 0 amide bonds. The fraction of sp³-hybridized carbons (Fsp3) is 0.500. The van der Waals surface area contributed by atoms with E-state index in [-0.39, 0.29) is 16.0 Å². The van der Waals surface area contributed by atoms with E-state index in [1.165, 1.54) is 16.4 Å². The summed E-state index contributed by atoms with van der Waals surface area (Å²) in [5.74, 6) is -0.907. The molecular weight excluding hydrogens is 326 g/mol. The minimum atomic E-state index is -3.84. The zero-order valence-electron chi connectivity index (χ0n) is 10.9. The molecule has 0 bridgehead atoms. The molecule has 0 aliphatic carbocycles. The second-order valence-electron chi connectivity index (χ2n) is 4.53. The summed E-state index contributed by atoms with van der Waals surface area (Å²) in [7, 11) is -3.84. The number of sulfonamides is 1. The maximum atomic E-state index is 13.7. The fourth-order valence-electron chi connectivity index (χ4n) is 2.34. The van der Waals surface area contributed by atoms with Crippen LogP contribution in [-0.4, -0.2) is 38.4 Å². The maximum Gasteiger partial charge on any atom is 0.244 e. The number of halogens is 3. The van der Waals surface area contributed by atoms with Crippen LogP contribution in [0.3, 0.4) is 0 Å². The van der Waals surface area contributed by atoms with Crippen LogP contribution in [0.1, 0.15) is 13.3 Å². The lowest BCUT2D eigenvalue weighted by Crippen LogP contribution is -2.41. The highest BCUT2D eigenvalue weighted by atomic mass is 35.5. The summed E-state index contributed by atoms with van der Waals surface area (Å²) in [6, 6.07) is 2.31. The van der Waals surface area contributed by atoms with Gasteiger partial charge < -0.3 is 5.32 Å². The van der Waals surface area contributed by atoms with Crippen LogP contribution in [-0.2, 0) is 10.0 Å². The van der Waals surface area contributed by atoms with Crippen LogP contribution < -0.4 is 5.32 Å². The molecule has 20 heavy (non-hydrogen) atoms. The largest absolute Gasteiger partial charge is 0.315 e. The van der Waals surface area contributed by atoms with Gasteiger partial charge in [-0.1, -0.05) is 30.1 Å². The summed E-state index contributed by atoms with van der Waals surface area (Å²) in [5, 5.41) is 2.46. The molecular formula is C12H15Cl2FN2O2S. The molecule has 1 unspecified atom stereocenters. The van der Waals surface area contributed by atoms with E-state index in [1.54, 1.807) is 6.92 Å². The molecule has 1 aliphatic heterocycles. The molecule has 1 aromatic carbocycles. The molecule has 112 valence electrons. The quantitative estimate of drug-likeness (QED) is 0.856. The standard InChI is InChI=1S/C12H15Cl2FN2O2S/c1-2-17(8-5-6-16-7-8)20(18,19)10-4-3-9(13)12(15)11(10)14/h3-4,8,16H,2,5-7H2,1H3. The van der Waals surface area contributed by atoms with Gasteiger partial charge in [0.2, 0.25) is 10.0 Å². The molecule has 4 nitrogen and oxygen atoms in total. The van der Waals surface area contributed by atoms with Crippen molar-refractivity contribution in [2.75, 3.05) is 19.6 Å². The van der Waals surface area contributed by atoms with Gasteiger partial charge in [-0.05, 0) is 25.1 Å². The Bertz CT molecular complexity index is 604. The Morgan fingerprint density at radius 3 is 2.70 bits per heavy atom. The SMILES string of the molecule is CCN(C1CCNC1)S(=O)(=O)c1ccc(Cl)c(F)c1Cl. The van der Waals surface area contributed by atoms with Gasteiger partial charge in [0.25, 0.3) is 0 Å². The van der Waals surface area contributed by atoms with Crippen molar-refractivity contribution < 1.29 is 12.8 Å². The van der Waals surface area contributed by atoms with Crippen molar-refractivity contribution >= 4 is 33.2 Å². The Morgan fingerprint density at radius 2 is 2.15 bits per heavy atom. The van der Waals surface area contributed by atoms with E-state index < -0.39 is 20.9 Å².